The first-order valence-corrected chi connectivity index (χ1v) is 6.38. The van der Waals surface area contributed by atoms with E-state index in [0.29, 0.717) is 17.1 Å². The summed E-state index contributed by atoms with van der Waals surface area (Å²) in [6, 6.07) is 15.1. The molecule has 0 fully saturated rings. The number of aryl methyl sites for hydroxylation is 2. The maximum absolute atomic E-state index is 8.75. The van der Waals surface area contributed by atoms with Crippen LogP contribution in [-0.4, -0.2) is 4.98 Å². The van der Waals surface area contributed by atoms with E-state index in [1.807, 2.05) is 36.4 Å². The fourth-order valence-corrected chi connectivity index (χ4v) is 2.10. The number of fused-ring (bicyclic) bond motifs is 1. The molecule has 0 aliphatic carbocycles. The highest BCUT2D eigenvalue weighted by Gasteiger charge is 2.06. The summed E-state index contributed by atoms with van der Waals surface area (Å²) in [4.78, 5) is 4.42. The molecule has 3 aromatic rings. The van der Waals surface area contributed by atoms with Gasteiger partial charge in [-0.2, -0.15) is 5.26 Å². The van der Waals surface area contributed by atoms with E-state index < -0.39 is 0 Å². The summed E-state index contributed by atoms with van der Waals surface area (Å²) in [5, 5.41) is 8.75. The van der Waals surface area contributed by atoms with Crippen LogP contribution in [0.2, 0.25) is 0 Å². The van der Waals surface area contributed by atoms with Crippen molar-refractivity contribution < 1.29 is 4.42 Å². The van der Waals surface area contributed by atoms with Gasteiger partial charge in [-0.05, 0) is 42.3 Å². The average Bonchev–Trinajstić information content (AvgIpc) is 2.87. The van der Waals surface area contributed by atoms with Crippen LogP contribution in [0.25, 0.3) is 11.1 Å². The Balaban J connectivity index is 1.74. The smallest absolute Gasteiger partial charge is 0.195 e. The Labute approximate surface area is 116 Å². The van der Waals surface area contributed by atoms with E-state index in [-0.39, 0.29) is 0 Å². The van der Waals surface area contributed by atoms with E-state index in [4.69, 9.17) is 15.4 Å². The molecule has 0 saturated carbocycles. The lowest BCUT2D eigenvalue weighted by atomic mass is 10.1. The molecule has 20 heavy (non-hydrogen) atoms. The Hall–Kier alpha value is -2.80. The van der Waals surface area contributed by atoms with E-state index in [1.54, 1.807) is 6.07 Å². The van der Waals surface area contributed by atoms with Crippen molar-refractivity contribution in [1.29, 1.82) is 5.26 Å². The molecule has 2 N–H and O–H groups in total. The fourth-order valence-electron chi connectivity index (χ4n) is 2.10. The molecule has 0 atom stereocenters. The number of anilines is 1. The van der Waals surface area contributed by atoms with Gasteiger partial charge in [-0.3, -0.25) is 0 Å². The summed E-state index contributed by atoms with van der Waals surface area (Å²) in [6.07, 6.45) is 1.55. The third-order valence-corrected chi connectivity index (χ3v) is 3.17. The zero-order chi connectivity index (χ0) is 13.9. The van der Waals surface area contributed by atoms with Gasteiger partial charge in [0.1, 0.15) is 5.52 Å². The standard InChI is InChI=1S/C16H13N3O/c17-10-12-3-1-11(2-4-12)5-8-16-19-14-9-13(18)6-7-15(14)20-16/h1-4,6-7,9H,5,8,18H2. The second-order valence-corrected chi connectivity index (χ2v) is 4.64. The normalized spacial score (nSPS) is 10.6. The summed E-state index contributed by atoms with van der Waals surface area (Å²) in [5.74, 6) is 0.704. The monoisotopic (exact) mass is 263 g/mol. The average molecular weight is 263 g/mol. The number of nitrogens with two attached hydrogens (primary N) is 1. The second-order valence-electron chi connectivity index (χ2n) is 4.64. The van der Waals surface area contributed by atoms with Crippen molar-refractivity contribution in [2.75, 3.05) is 5.73 Å². The van der Waals surface area contributed by atoms with Crippen molar-refractivity contribution >= 4 is 16.8 Å². The highest BCUT2D eigenvalue weighted by atomic mass is 16.3. The van der Waals surface area contributed by atoms with Crippen LogP contribution in [0, 0.1) is 11.3 Å². The number of aromatic nitrogens is 1. The highest BCUT2D eigenvalue weighted by molar-refractivity contribution is 5.76. The molecular weight excluding hydrogens is 250 g/mol. The maximum Gasteiger partial charge on any atom is 0.195 e. The number of hydrogen-bond donors (Lipinski definition) is 1. The molecule has 0 unspecified atom stereocenters. The number of benzene rings is 2. The SMILES string of the molecule is N#Cc1ccc(CCc2nc3cc(N)ccc3o2)cc1. The molecule has 1 aromatic heterocycles. The van der Waals surface area contributed by atoms with Gasteiger partial charge < -0.3 is 10.2 Å². The van der Waals surface area contributed by atoms with Gasteiger partial charge in [-0.25, -0.2) is 4.98 Å². The zero-order valence-electron chi connectivity index (χ0n) is 10.8. The number of nitrogens with zero attached hydrogens (tertiary/aromatic N) is 2. The van der Waals surface area contributed by atoms with Gasteiger partial charge in [0.05, 0.1) is 11.6 Å². The largest absolute Gasteiger partial charge is 0.441 e. The topological polar surface area (TPSA) is 75.8 Å². The van der Waals surface area contributed by atoms with E-state index in [1.165, 1.54) is 0 Å². The second kappa shape index (κ2) is 5.06. The minimum absolute atomic E-state index is 0.672. The minimum atomic E-state index is 0.672. The van der Waals surface area contributed by atoms with Gasteiger partial charge in [0, 0.05) is 12.1 Å². The van der Waals surface area contributed by atoms with Gasteiger partial charge in [-0.15, -0.1) is 0 Å². The van der Waals surface area contributed by atoms with Crippen LogP contribution in [0.3, 0.4) is 0 Å². The minimum Gasteiger partial charge on any atom is -0.441 e. The lowest BCUT2D eigenvalue weighted by Gasteiger charge is -1.98. The zero-order valence-corrected chi connectivity index (χ0v) is 10.8. The van der Waals surface area contributed by atoms with E-state index >= 15 is 0 Å². The predicted octanol–water partition coefficient (Wildman–Crippen LogP) is 3.07. The van der Waals surface area contributed by atoms with Crippen LogP contribution >= 0.6 is 0 Å². The van der Waals surface area contributed by atoms with Gasteiger partial charge >= 0.3 is 0 Å². The Morgan fingerprint density at radius 3 is 2.65 bits per heavy atom. The first-order valence-electron chi connectivity index (χ1n) is 6.38. The third kappa shape index (κ3) is 2.47. The lowest BCUT2D eigenvalue weighted by Crippen LogP contribution is -1.91. The Morgan fingerprint density at radius 1 is 1.10 bits per heavy atom. The quantitative estimate of drug-likeness (QED) is 0.737. The first-order chi connectivity index (χ1) is 9.74. The Bertz CT molecular complexity index is 782. The van der Waals surface area contributed by atoms with Crippen LogP contribution in [0.4, 0.5) is 5.69 Å². The van der Waals surface area contributed by atoms with Crippen molar-refractivity contribution in [2.24, 2.45) is 0 Å². The van der Waals surface area contributed by atoms with Crippen molar-refractivity contribution in [2.45, 2.75) is 12.8 Å². The first kappa shape index (κ1) is 12.2. The van der Waals surface area contributed by atoms with Crippen LogP contribution in [0.1, 0.15) is 17.0 Å². The number of rotatable bonds is 3. The van der Waals surface area contributed by atoms with Crippen LogP contribution in [0.15, 0.2) is 46.9 Å². The van der Waals surface area contributed by atoms with Crippen LogP contribution in [-0.2, 0) is 12.8 Å². The van der Waals surface area contributed by atoms with Gasteiger partial charge in [0.2, 0.25) is 0 Å². The molecule has 0 bridgehead atoms. The molecule has 0 saturated heterocycles. The number of hydrogen-bond acceptors (Lipinski definition) is 4. The van der Waals surface area contributed by atoms with Crippen LogP contribution in [0.5, 0.6) is 0 Å². The summed E-state index contributed by atoms with van der Waals surface area (Å²) < 4.78 is 5.67. The van der Waals surface area contributed by atoms with Crippen molar-refractivity contribution in [3.05, 3.63) is 59.5 Å². The summed E-state index contributed by atoms with van der Waals surface area (Å²) in [6.45, 7) is 0. The molecule has 4 nitrogen and oxygen atoms in total. The van der Waals surface area contributed by atoms with E-state index in [0.717, 1.165) is 29.5 Å². The molecule has 98 valence electrons. The summed E-state index contributed by atoms with van der Waals surface area (Å²) >= 11 is 0. The Morgan fingerprint density at radius 2 is 1.90 bits per heavy atom. The molecule has 0 spiro atoms. The van der Waals surface area contributed by atoms with Gasteiger partial charge in [0.25, 0.3) is 0 Å². The fraction of sp³-hybridized carbons (Fsp3) is 0.125. The molecular formula is C16H13N3O. The van der Waals surface area contributed by atoms with E-state index in [2.05, 4.69) is 11.1 Å². The number of nitriles is 1. The van der Waals surface area contributed by atoms with Crippen molar-refractivity contribution in [1.82, 2.24) is 4.98 Å². The van der Waals surface area contributed by atoms with E-state index in [9.17, 15) is 0 Å². The van der Waals surface area contributed by atoms with Crippen LogP contribution < -0.4 is 5.73 Å². The lowest BCUT2D eigenvalue weighted by molar-refractivity contribution is 0.528. The molecule has 0 radical (unpaired) electrons. The molecule has 2 aromatic carbocycles. The van der Waals surface area contributed by atoms with Gasteiger partial charge in [-0.1, -0.05) is 12.1 Å². The molecule has 0 amide bonds. The third-order valence-electron chi connectivity index (χ3n) is 3.17. The molecule has 4 heteroatoms. The van der Waals surface area contributed by atoms with Crippen molar-refractivity contribution in [3.8, 4) is 6.07 Å². The molecule has 0 aliphatic heterocycles. The molecule has 3 rings (SSSR count). The Kier molecular flexibility index (Phi) is 3.10. The molecule has 1 heterocycles. The summed E-state index contributed by atoms with van der Waals surface area (Å²) in [7, 11) is 0. The highest BCUT2D eigenvalue weighted by Crippen LogP contribution is 2.19. The number of nitrogen functional groups attached to an aromatic ring is 1. The van der Waals surface area contributed by atoms with Crippen molar-refractivity contribution in [3.63, 3.8) is 0 Å². The van der Waals surface area contributed by atoms with Gasteiger partial charge in [0.15, 0.2) is 11.5 Å². The predicted molar refractivity (Wildman–Crippen MR) is 77.0 cm³/mol. The number of oxazole rings is 1. The summed E-state index contributed by atoms with van der Waals surface area (Å²) in [5.41, 5.74) is 9.78. The maximum atomic E-state index is 8.75. The molecule has 0 aliphatic rings.